The summed E-state index contributed by atoms with van der Waals surface area (Å²) in [6, 6.07) is 19.5. The van der Waals surface area contributed by atoms with Gasteiger partial charge in [-0.15, -0.1) is 0 Å². The van der Waals surface area contributed by atoms with Crippen LogP contribution in [0.15, 0.2) is 79.4 Å². The summed E-state index contributed by atoms with van der Waals surface area (Å²) in [6.07, 6.45) is 3.56. The summed E-state index contributed by atoms with van der Waals surface area (Å²) < 4.78 is 31.8. The number of halogens is 2. The fourth-order valence-corrected chi connectivity index (χ4v) is 3.71. The Kier molecular flexibility index (Phi) is 4.72. The average molecular weight is 403 g/mol. The third-order valence-corrected chi connectivity index (χ3v) is 5.17. The van der Waals surface area contributed by atoms with Gasteiger partial charge in [-0.1, -0.05) is 30.3 Å². The average Bonchev–Trinajstić information content (AvgIpc) is 3.35. The first-order valence-corrected chi connectivity index (χ1v) is 9.63. The van der Waals surface area contributed by atoms with Crippen molar-refractivity contribution in [3.05, 3.63) is 96.6 Å². The number of hydrogen-bond acceptors (Lipinski definition) is 3. The molecule has 0 saturated heterocycles. The predicted molar refractivity (Wildman–Crippen MR) is 111 cm³/mol. The van der Waals surface area contributed by atoms with Crippen molar-refractivity contribution in [1.82, 2.24) is 24.0 Å². The number of imidazole rings is 2. The molecule has 30 heavy (non-hydrogen) atoms. The second-order valence-electron chi connectivity index (χ2n) is 7.25. The van der Waals surface area contributed by atoms with Crippen LogP contribution in [0.25, 0.3) is 22.1 Å². The van der Waals surface area contributed by atoms with E-state index in [0.717, 1.165) is 28.1 Å². The van der Waals surface area contributed by atoms with E-state index in [0.29, 0.717) is 25.4 Å². The summed E-state index contributed by atoms with van der Waals surface area (Å²) in [5.41, 5.74) is 4.23. The first kappa shape index (κ1) is 18.4. The Bertz CT molecular complexity index is 1250. The van der Waals surface area contributed by atoms with Crippen LogP contribution in [0.3, 0.4) is 0 Å². The van der Waals surface area contributed by atoms with Crippen molar-refractivity contribution in [2.24, 2.45) is 0 Å². The summed E-state index contributed by atoms with van der Waals surface area (Å²) in [5, 5.41) is 0. The summed E-state index contributed by atoms with van der Waals surface area (Å²) in [6.45, 7) is 1.29. The number of para-hydroxylation sites is 4. The van der Waals surface area contributed by atoms with E-state index in [1.54, 1.807) is 12.7 Å². The van der Waals surface area contributed by atoms with Gasteiger partial charge in [0.05, 0.1) is 48.1 Å². The van der Waals surface area contributed by atoms with E-state index < -0.39 is 11.6 Å². The minimum Gasteiger partial charge on any atom is -0.317 e. The monoisotopic (exact) mass is 403 g/mol. The van der Waals surface area contributed by atoms with Gasteiger partial charge in [0, 0.05) is 18.2 Å². The van der Waals surface area contributed by atoms with Crippen LogP contribution >= 0.6 is 0 Å². The standard InChI is InChI=1S/C23H19F2N5/c24-18-10-9-17(19(25)11-18)12-28(15-29-13-26-20-5-1-3-7-22(20)29)16-30-14-27-21-6-2-4-8-23(21)30/h1-11,13-14H,12,15-16H2. The molecule has 3 aromatic carbocycles. The third kappa shape index (κ3) is 3.55. The number of fused-ring (bicyclic) bond motifs is 2. The smallest absolute Gasteiger partial charge is 0.130 e. The van der Waals surface area contributed by atoms with Crippen LogP contribution in [-0.4, -0.2) is 24.0 Å². The molecule has 5 aromatic rings. The Morgan fingerprint density at radius 2 is 1.30 bits per heavy atom. The second kappa shape index (κ2) is 7.68. The number of hydrogen-bond donors (Lipinski definition) is 0. The molecule has 0 N–H and O–H groups in total. The molecular weight excluding hydrogens is 384 g/mol. The Balaban J connectivity index is 1.49. The lowest BCUT2D eigenvalue weighted by Crippen LogP contribution is -2.28. The molecule has 2 heterocycles. The topological polar surface area (TPSA) is 38.9 Å². The maximum absolute atomic E-state index is 14.4. The van der Waals surface area contributed by atoms with Crippen LogP contribution in [0.1, 0.15) is 5.56 Å². The number of benzene rings is 3. The molecule has 0 saturated carbocycles. The summed E-state index contributed by atoms with van der Waals surface area (Å²) in [7, 11) is 0. The first-order chi connectivity index (χ1) is 14.7. The SMILES string of the molecule is Fc1ccc(CN(Cn2cnc3ccccc32)Cn2cnc3ccccc32)c(F)c1. The van der Waals surface area contributed by atoms with Crippen LogP contribution in [0.4, 0.5) is 8.78 Å². The van der Waals surface area contributed by atoms with E-state index in [2.05, 4.69) is 14.9 Å². The number of rotatable bonds is 6. The summed E-state index contributed by atoms with van der Waals surface area (Å²) in [4.78, 5) is 11.0. The number of nitrogens with zero attached hydrogens (tertiary/aromatic N) is 5. The van der Waals surface area contributed by atoms with E-state index in [1.807, 2.05) is 57.7 Å². The van der Waals surface area contributed by atoms with Gasteiger partial charge in [-0.05, 0) is 30.3 Å². The van der Waals surface area contributed by atoms with E-state index in [1.165, 1.54) is 12.1 Å². The molecule has 0 amide bonds. The minimum absolute atomic E-state index is 0.311. The highest BCUT2D eigenvalue weighted by Crippen LogP contribution is 2.19. The zero-order valence-electron chi connectivity index (χ0n) is 16.1. The van der Waals surface area contributed by atoms with E-state index >= 15 is 0 Å². The first-order valence-electron chi connectivity index (χ1n) is 9.63. The maximum atomic E-state index is 14.4. The molecule has 150 valence electrons. The lowest BCUT2D eigenvalue weighted by atomic mass is 10.2. The van der Waals surface area contributed by atoms with Gasteiger partial charge in [-0.3, -0.25) is 4.90 Å². The molecule has 0 aliphatic carbocycles. The second-order valence-corrected chi connectivity index (χ2v) is 7.25. The fraction of sp³-hybridized carbons (Fsp3) is 0.130. The Morgan fingerprint density at radius 3 is 1.87 bits per heavy atom. The van der Waals surface area contributed by atoms with Crippen LogP contribution in [-0.2, 0) is 19.9 Å². The highest BCUT2D eigenvalue weighted by Gasteiger charge is 2.14. The van der Waals surface area contributed by atoms with E-state index in [-0.39, 0.29) is 0 Å². The van der Waals surface area contributed by atoms with Crippen LogP contribution in [0.2, 0.25) is 0 Å². The lowest BCUT2D eigenvalue weighted by molar-refractivity contribution is 0.164. The van der Waals surface area contributed by atoms with Gasteiger partial charge in [0.2, 0.25) is 0 Å². The molecule has 0 spiro atoms. The van der Waals surface area contributed by atoms with Gasteiger partial charge < -0.3 is 9.13 Å². The molecule has 0 aliphatic rings. The molecule has 0 aliphatic heterocycles. The minimum atomic E-state index is -0.580. The van der Waals surface area contributed by atoms with Gasteiger partial charge >= 0.3 is 0 Å². The van der Waals surface area contributed by atoms with Crippen molar-refractivity contribution in [3.63, 3.8) is 0 Å². The lowest BCUT2D eigenvalue weighted by Gasteiger charge is -2.24. The van der Waals surface area contributed by atoms with Gasteiger partial charge in [-0.25, -0.2) is 18.7 Å². The zero-order chi connectivity index (χ0) is 20.5. The molecule has 2 aromatic heterocycles. The van der Waals surface area contributed by atoms with Crippen molar-refractivity contribution in [2.75, 3.05) is 0 Å². The molecule has 0 fully saturated rings. The Labute approximate surface area is 171 Å². The quantitative estimate of drug-likeness (QED) is 0.410. The highest BCUT2D eigenvalue weighted by atomic mass is 19.1. The molecule has 5 nitrogen and oxygen atoms in total. The van der Waals surface area contributed by atoms with Gasteiger partial charge in [0.15, 0.2) is 0 Å². The van der Waals surface area contributed by atoms with Crippen molar-refractivity contribution < 1.29 is 8.78 Å². The zero-order valence-corrected chi connectivity index (χ0v) is 16.1. The largest absolute Gasteiger partial charge is 0.317 e. The van der Waals surface area contributed by atoms with Crippen molar-refractivity contribution in [3.8, 4) is 0 Å². The van der Waals surface area contributed by atoms with Crippen LogP contribution < -0.4 is 0 Å². The molecular formula is C23H19F2N5. The fourth-order valence-electron chi connectivity index (χ4n) is 3.71. The molecule has 0 bridgehead atoms. The summed E-state index contributed by atoms with van der Waals surface area (Å²) >= 11 is 0. The van der Waals surface area contributed by atoms with E-state index in [4.69, 9.17) is 0 Å². The Morgan fingerprint density at radius 1 is 0.733 bits per heavy atom. The molecule has 5 rings (SSSR count). The van der Waals surface area contributed by atoms with Crippen molar-refractivity contribution >= 4 is 22.1 Å². The Hall–Kier alpha value is -3.58. The normalized spacial score (nSPS) is 11.7. The van der Waals surface area contributed by atoms with Crippen LogP contribution in [0, 0.1) is 11.6 Å². The maximum Gasteiger partial charge on any atom is 0.130 e. The predicted octanol–water partition coefficient (Wildman–Crippen LogP) is 4.78. The van der Waals surface area contributed by atoms with E-state index in [9.17, 15) is 8.78 Å². The van der Waals surface area contributed by atoms with Gasteiger partial charge in [0.1, 0.15) is 11.6 Å². The van der Waals surface area contributed by atoms with Crippen molar-refractivity contribution in [2.45, 2.75) is 19.9 Å². The van der Waals surface area contributed by atoms with Crippen LogP contribution in [0.5, 0.6) is 0 Å². The molecule has 0 radical (unpaired) electrons. The van der Waals surface area contributed by atoms with Gasteiger partial charge in [0.25, 0.3) is 0 Å². The molecule has 0 atom stereocenters. The summed E-state index contributed by atoms with van der Waals surface area (Å²) in [5.74, 6) is -1.13. The molecule has 7 heteroatoms. The van der Waals surface area contributed by atoms with Crippen molar-refractivity contribution in [1.29, 1.82) is 0 Å². The third-order valence-electron chi connectivity index (χ3n) is 5.17. The van der Waals surface area contributed by atoms with Gasteiger partial charge in [-0.2, -0.15) is 0 Å². The highest BCUT2D eigenvalue weighted by molar-refractivity contribution is 5.75. The number of aromatic nitrogens is 4. The molecule has 0 unspecified atom stereocenters.